The highest BCUT2D eigenvalue weighted by molar-refractivity contribution is 5.96. The molecule has 2 fully saturated rings. The Hall–Kier alpha value is -2.09. The quantitative estimate of drug-likeness (QED) is 0.750. The van der Waals surface area contributed by atoms with Crippen molar-refractivity contribution in [3.05, 3.63) is 17.5 Å². The van der Waals surface area contributed by atoms with Crippen molar-refractivity contribution in [1.82, 2.24) is 19.6 Å². The van der Waals surface area contributed by atoms with E-state index in [9.17, 15) is 9.59 Å². The average molecular weight is 376 g/mol. The fraction of sp³-hybridized carbons (Fsp3) is 0.737. The lowest BCUT2D eigenvalue weighted by Gasteiger charge is -2.32. The Bertz CT molecular complexity index is 747. The van der Waals surface area contributed by atoms with Gasteiger partial charge in [-0.15, -0.1) is 0 Å². The fourth-order valence-corrected chi connectivity index (χ4v) is 3.83. The third kappa shape index (κ3) is 3.54. The van der Waals surface area contributed by atoms with Crippen LogP contribution in [0, 0.1) is 0 Å². The first kappa shape index (κ1) is 18.3. The van der Waals surface area contributed by atoms with Gasteiger partial charge < -0.3 is 19.3 Å². The molecule has 3 heterocycles. The maximum absolute atomic E-state index is 13.3. The number of carbonyl (C=O) groups is 2. The minimum absolute atomic E-state index is 0.00490. The zero-order valence-corrected chi connectivity index (χ0v) is 16.4. The molecule has 1 aliphatic carbocycles. The second-order valence-electron chi connectivity index (χ2n) is 8.72. The Morgan fingerprint density at radius 3 is 2.70 bits per heavy atom. The number of ether oxygens (including phenoxy) is 2. The SMILES string of the molecule is CC(C)(C)OC(=O)N1CCn2ncc(C(=O)N3CCCOCC34CC4)c2C1. The van der Waals surface area contributed by atoms with E-state index in [0.717, 1.165) is 25.0 Å². The topological polar surface area (TPSA) is 76.9 Å². The first-order chi connectivity index (χ1) is 12.8. The molecular formula is C19H28N4O4. The molecule has 0 N–H and O–H groups in total. The summed E-state index contributed by atoms with van der Waals surface area (Å²) < 4.78 is 13.0. The predicted molar refractivity (Wildman–Crippen MR) is 97.3 cm³/mol. The van der Waals surface area contributed by atoms with Crippen LogP contribution in [0.1, 0.15) is 56.1 Å². The van der Waals surface area contributed by atoms with Crippen molar-refractivity contribution in [2.75, 3.05) is 26.3 Å². The van der Waals surface area contributed by atoms with Gasteiger partial charge in [0.1, 0.15) is 5.60 Å². The molecular weight excluding hydrogens is 348 g/mol. The summed E-state index contributed by atoms with van der Waals surface area (Å²) in [5.74, 6) is 0.00490. The van der Waals surface area contributed by atoms with E-state index in [4.69, 9.17) is 9.47 Å². The van der Waals surface area contributed by atoms with Crippen molar-refractivity contribution < 1.29 is 19.1 Å². The third-order valence-corrected chi connectivity index (χ3v) is 5.44. The van der Waals surface area contributed by atoms with E-state index in [-0.39, 0.29) is 17.5 Å². The maximum atomic E-state index is 13.3. The van der Waals surface area contributed by atoms with Crippen LogP contribution < -0.4 is 0 Å². The molecule has 2 amide bonds. The van der Waals surface area contributed by atoms with Crippen molar-refractivity contribution in [3.8, 4) is 0 Å². The van der Waals surface area contributed by atoms with Gasteiger partial charge in [0.15, 0.2) is 0 Å². The van der Waals surface area contributed by atoms with Crippen LogP contribution in [-0.2, 0) is 22.6 Å². The summed E-state index contributed by atoms with van der Waals surface area (Å²) in [5, 5.41) is 4.39. The van der Waals surface area contributed by atoms with Gasteiger partial charge in [-0.25, -0.2) is 4.79 Å². The van der Waals surface area contributed by atoms with Gasteiger partial charge in [0.05, 0.1) is 42.7 Å². The van der Waals surface area contributed by atoms with Crippen LogP contribution >= 0.6 is 0 Å². The number of aromatic nitrogens is 2. The number of hydrogen-bond acceptors (Lipinski definition) is 5. The lowest BCUT2D eigenvalue weighted by Crippen LogP contribution is -2.45. The van der Waals surface area contributed by atoms with Gasteiger partial charge in [-0.2, -0.15) is 5.10 Å². The Kier molecular flexibility index (Phi) is 4.41. The molecule has 0 atom stereocenters. The molecule has 2 aliphatic heterocycles. The molecule has 0 bridgehead atoms. The minimum Gasteiger partial charge on any atom is -0.444 e. The zero-order valence-electron chi connectivity index (χ0n) is 16.4. The Morgan fingerprint density at radius 1 is 1.22 bits per heavy atom. The highest BCUT2D eigenvalue weighted by atomic mass is 16.6. The largest absolute Gasteiger partial charge is 0.444 e. The van der Waals surface area contributed by atoms with Crippen LogP contribution in [0.5, 0.6) is 0 Å². The third-order valence-electron chi connectivity index (χ3n) is 5.44. The summed E-state index contributed by atoms with van der Waals surface area (Å²) in [6.45, 7) is 9.01. The average Bonchev–Trinajstić information content (AvgIpc) is 3.31. The molecule has 1 aromatic rings. The van der Waals surface area contributed by atoms with E-state index in [1.807, 2.05) is 30.4 Å². The summed E-state index contributed by atoms with van der Waals surface area (Å²) in [6.07, 6.45) is 4.13. The minimum atomic E-state index is -0.544. The zero-order chi connectivity index (χ0) is 19.2. The molecule has 4 rings (SSSR count). The number of nitrogens with zero attached hydrogens (tertiary/aromatic N) is 4. The van der Waals surface area contributed by atoms with Crippen molar-refractivity contribution in [1.29, 1.82) is 0 Å². The molecule has 8 heteroatoms. The maximum Gasteiger partial charge on any atom is 0.410 e. The molecule has 0 unspecified atom stereocenters. The summed E-state index contributed by atoms with van der Waals surface area (Å²) in [7, 11) is 0. The van der Waals surface area contributed by atoms with E-state index in [2.05, 4.69) is 5.10 Å². The highest BCUT2D eigenvalue weighted by Crippen LogP contribution is 2.44. The number of carbonyl (C=O) groups excluding carboxylic acids is 2. The van der Waals surface area contributed by atoms with Gasteiger partial charge >= 0.3 is 6.09 Å². The number of amides is 2. The van der Waals surface area contributed by atoms with Crippen molar-refractivity contribution >= 4 is 12.0 Å². The van der Waals surface area contributed by atoms with E-state index >= 15 is 0 Å². The van der Waals surface area contributed by atoms with Crippen molar-refractivity contribution in [2.24, 2.45) is 0 Å². The molecule has 3 aliphatic rings. The van der Waals surface area contributed by atoms with E-state index in [1.54, 1.807) is 11.1 Å². The molecule has 1 saturated heterocycles. The van der Waals surface area contributed by atoms with Gasteiger partial charge in [0.2, 0.25) is 0 Å². The molecule has 27 heavy (non-hydrogen) atoms. The molecule has 148 valence electrons. The van der Waals surface area contributed by atoms with Gasteiger partial charge in [0.25, 0.3) is 5.91 Å². The van der Waals surface area contributed by atoms with Crippen LogP contribution in [-0.4, -0.2) is 69.0 Å². The molecule has 0 aromatic carbocycles. The van der Waals surface area contributed by atoms with Gasteiger partial charge in [-0.05, 0) is 40.0 Å². The highest BCUT2D eigenvalue weighted by Gasteiger charge is 2.51. The van der Waals surface area contributed by atoms with E-state index in [1.165, 1.54) is 0 Å². The van der Waals surface area contributed by atoms with Crippen LogP contribution in [0.25, 0.3) is 0 Å². The summed E-state index contributed by atoms with van der Waals surface area (Å²) >= 11 is 0. The molecule has 8 nitrogen and oxygen atoms in total. The number of fused-ring (bicyclic) bond motifs is 1. The smallest absolute Gasteiger partial charge is 0.410 e. The lowest BCUT2D eigenvalue weighted by atomic mass is 10.1. The van der Waals surface area contributed by atoms with Gasteiger partial charge in [-0.1, -0.05) is 0 Å². The van der Waals surface area contributed by atoms with Crippen molar-refractivity contribution in [2.45, 2.75) is 64.3 Å². The monoisotopic (exact) mass is 376 g/mol. The summed E-state index contributed by atoms with van der Waals surface area (Å²) in [5.41, 5.74) is 0.703. The number of hydrogen-bond donors (Lipinski definition) is 0. The summed E-state index contributed by atoms with van der Waals surface area (Å²) in [6, 6.07) is 0. The first-order valence-electron chi connectivity index (χ1n) is 9.71. The van der Waals surface area contributed by atoms with Crippen LogP contribution in [0.15, 0.2) is 6.20 Å². The molecule has 0 radical (unpaired) electrons. The van der Waals surface area contributed by atoms with Crippen LogP contribution in [0.2, 0.25) is 0 Å². The normalized spacial score (nSPS) is 21.6. The Balaban J connectivity index is 1.54. The van der Waals surface area contributed by atoms with Gasteiger partial charge in [0, 0.05) is 19.7 Å². The molecule has 1 aromatic heterocycles. The van der Waals surface area contributed by atoms with E-state index in [0.29, 0.717) is 45.0 Å². The molecule has 1 saturated carbocycles. The summed E-state index contributed by atoms with van der Waals surface area (Å²) in [4.78, 5) is 29.4. The Labute approximate surface area is 159 Å². The second-order valence-corrected chi connectivity index (χ2v) is 8.72. The van der Waals surface area contributed by atoms with E-state index < -0.39 is 5.60 Å². The van der Waals surface area contributed by atoms with Crippen LogP contribution in [0.4, 0.5) is 4.79 Å². The lowest BCUT2D eigenvalue weighted by molar-refractivity contribution is 0.0191. The molecule has 1 spiro atoms. The van der Waals surface area contributed by atoms with Gasteiger partial charge in [-0.3, -0.25) is 9.48 Å². The fourth-order valence-electron chi connectivity index (χ4n) is 3.83. The predicted octanol–water partition coefficient (Wildman–Crippen LogP) is 2.03. The van der Waals surface area contributed by atoms with Crippen molar-refractivity contribution in [3.63, 3.8) is 0 Å². The standard InChI is InChI=1S/C19H28N4O4/c1-18(2,3)27-17(25)21-8-9-23-15(12-21)14(11-20-23)16(24)22-7-4-10-26-13-19(22)5-6-19/h11H,4-10,12-13H2,1-3H3. The first-order valence-corrected chi connectivity index (χ1v) is 9.71. The van der Waals surface area contributed by atoms with Crippen LogP contribution in [0.3, 0.4) is 0 Å². The second kappa shape index (κ2) is 6.51. The Morgan fingerprint density at radius 2 is 2.00 bits per heavy atom. The number of rotatable bonds is 1.